The van der Waals surface area contributed by atoms with Crippen LogP contribution in [0.5, 0.6) is 0 Å². The van der Waals surface area contributed by atoms with E-state index in [1.54, 1.807) is 0 Å². The minimum Gasteiger partial charge on any atom is -0.387 e. The molecule has 2 rings (SSSR count). The van der Waals surface area contributed by atoms with E-state index in [0.29, 0.717) is 11.3 Å². The van der Waals surface area contributed by atoms with E-state index >= 15 is 0 Å². The zero-order valence-corrected chi connectivity index (χ0v) is 10.7. The molecule has 1 aliphatic carbocycles. The molecule has 0 spiro atoms. The Morgan fingerprint density at radius 2 is 1.94 bits per heavy atom. The number of benzene rings is 1. The van der Waals surface area contributed by atoms with Gasteiger partial charge in [0.05, 0.1) is 11.7 Å². The fraction of sp³-hybridized carbons (Fsp3) is 0.571. The van der Waals surface area contributed by atoms with Crippen molar-refractivity contribution in [2.24, 2.45) is 11.3 Å². The van der Waals surface area contributed by atoms with Crippen molar-refractivity contribution in [3.63, 3.8) is 0 Å². The zero-order chi connectivity index (χ0) is 13.3. The molecule has 2 unspecified atom stereocenters. The largest absolute Gasteiger partial charge is 0.387 e. The third kappa shape index (κ3) is 2.87. The molecule has 2 N–H and O–H groups in total. The van der Waals surface area contributed by atoms with Crippen LogP contribution in [0.1, 0.15) is 31.9 Å². The second-order valence-corrected chi connectivity index (χ2v) is 5.70. The highest BCUT2D eigenvalue weighted by Gasteiger charge is 2.44. The van der Waals surface area contributed by atoms with Crippen molar-refractivity contribution in [2.45, 2.75) is 26.4 Å². The summed E-state index contributed by atoms with van der Waals surface area (Å²) in [5.74, 6) is -0.803. The summed E-state index contributed by atoms with van der Waals surface area (Å²) >= 11 is 0. The molecule has 0 aromatic heterocycles. The molecule has 1 aromatic rings. The van der Waals surface area contributed by atoms with E-state index in [9.17, 15) is 13.9 Å². The molecule has 2 atom stereocenters. The predicted molar refractivity (Wildman–Crippen MR) is 66.1 cm³/mol. The van der Waals surface area contributed by atoms with Crippen molar-refractivity contribution in [1.29, 1.82) is 0 Å². The SMILES string of the molecule is CC1(C)CC1CNCC(O)c1c(F)cccc1F. The monoisotopic (exact) mass is 255 g/mol. The van der Waals surface area contributed by atoms with Crippen LogP contribution in [0.2, 0.25) is 0 Å². The Hall–Kier alpha value is -1.00. The molecule has 1 aromatic carbocycles. The molecule has 0 bridgehead atoms. The van der Waals surface area contributed by atoms with Crippen LogP contribution in [0.4, 0.5) is 8.78 Å². The first kappa shape index (κ1) is 13.4. The van der Waals surface area contributed by atoms with Crippen LogP contribution >= 0.6 is 0 Å². The number of aliphatic hydroxyl groups excluding tert-OH is 1. The Bertz CT molecular complexity index is 414. The van der Waals surface area contributed by atoms with Gasteiger partial charge in [-0.05, 0) is 36.4 Å². The standard InChI is InChI=1S/C14H19F2NO/c1-14(2)6-9(14)7-17-8-12(18)13-10(15)4-3-5-11(13)16/h3-5,9,12,17-18H,6-8H2,1-2H3. The van der Waals surface area contributed by atoms with E-state index in [1.165, 1.54) is 6.07 Å². The summed E-state index contributed by atoms with van der Waals surface area (Å²) in [6.07, 6.45) is 0.0116. The van der Waals surface area contributed by atoms with E-state index in [-0.39, 0.29) is 12.1 Å². The number of rotatable bonds is 5. The van der Waals surface area contributed by atoms with Gasteiger partial charge in [0.2, 0.25) is 0 Å². The molecular formula is C14H19F2NO. The molecule has 0 aliphatic heterocycles. The number of nitrogens with one attached hydrogen (secondary N) is 1. The Morgan fingerprint density at radius 3 is 2.44 bits per heavy atom. The van der Waals surface area contributed by atoms with Gasteiger partial charge in [0.1, 0.15) is 11.6 Å². The Balaban J connectivity index is 1.86. The summed E-state index contributed by atoms with van der Waals surface area (Å²) < 4.78 is 26.8. The summed E-state index contributed by atoms with van der Waals surface area (Å²) in [7, 11) is 0. The minimum absolute atomic E-state index is 0.171. The van der Waals surface area contributed by atoms with E-state index in [0.717, 1.165) is 25.1 Å². The summed E-state index contributed by atoms with van der Waals surface area (Å²) in [5.41, 5.74) is 0.112. The summed E-state index contributed by atoms with van der Waals surface area (Å²) in [6, 6.07) is 3.61. The predicted octanol–water partition coefficient (Wildman–Crippen LogP) is 2.63. The van der Waals surface area contributed by atoms with Crippen LogP contribution in [0.25, 0.3) is 0 Å². The molecular weight excluding hydrogens is 236 g/mol. The molecule has 2 nitrogen and oxygen atoms in total. The average Bonchev–Trinajstić information content (AvgIpc) is 2.86. The van der Waals surface area contributed by atoms with Crippen molar-refractivity contribution < 1.29 is 13.9 Å². The van der Waals surface area contributed by atoms with Gasteiger partial charge < -0.3 is 10.4 Å². The first-order valence-corrected chi connectivity index (χ1v) is 6.24. The number of hydrogen-bond acceptors (Lipinski definition) is 2. The smallest absolute Gasteiger partial charge is 0.131 e. The molecule has 18 heavy (non-hydrogen) atoms. The van der Waals surface area contributed by atoms with Crippen LogP contribution in [0.3, 0.4) is 0 Å². The van der Waals surface area contributed by atoms with Crippen LogP contribution in [-0.4, -0.2) is 18.2 Å². The number of hydrogen-bond donors (Lipinski definition) is 2. The fourth-order valence-electron chi connectivity index (χ4n) is 2.25. The maximum absolute atomic E-state index is 13.4. The van der Waals surface area contributed by atoms with Crippen LogP contribution in [0, 0.1) is 23.0 Å². The van der Waals surface area contributed by atoms with E-state index in [1.807, 2.05) is 0 Å². The zero-order valence-electron chi connectivity index (χ0n) is 10.7. The third-order valence-electron chi connectivity index (χ3n) is 3.78. The molecule has 0 amide bonds. The van der Waals surface area contributed by atoms with Gasteiger partial charge in [0, 0.05) is 6.54 Å². The van der Waals surface area contributed by atoms with Crippen molar-refractivity contribution in [2.75, 3.05) is 13.1 Å². The lowest BCUT2D eigenvalue weighted by molar-refractivity contribution is 0.164. The highest BCUT2D eigenvalue weighted by Crippen LogP contribution is 2.50. The van der Waals surface area contributed by atoms with E-state index in [2.05, 4.69) is 19.2 Å². The van der Waals surface area contributed by atoms with Crippen molar-refractivity contribution in [1.82, 2.24) is 5.32 Å². The summed E-state index contributed by atoms with van der Waals surface area (Å²) in [4.78, 5) is 0. The quantitative estimate of drug-likeness (QED) is 0.847. The van der Waals surface area contributed by atoms with Crippen molar-refractivity contribution >= 4 is 0 Å². The van der Waals surface area contributed by atoms with Gasteiger partial charge in [-0.1, -0.05) is 19.9 Å². The Kier molecular flexibility index (Phi) is 3.69. The molecule has 0 heterocycles. The Morgan fingerprint density at radius 1 is 1.39 bits per heavy atom. The number of aliphatic hydroxyl groups is 1. The van der Waals surface area contributed by atoms with Crippen LogP contribution in [0.15, 0.2) is 18.2 Å². The van der Waals surface area contributed by atoms with Gasteiger partial charge in [0.15, 0.2) is 0 Å². The van der Waals surface area contributed by atoms with Gasteiger partial charge in [-0.15, -0.1) is 0 Å². The highest BCUT2D eigenvalue weighted by molar-refractivity contribution is 5.22. The molecule has 100 valence electrons. The van der Waals surface area contributed by atoms with Gasteiger partial charge in [-0.2, -0.15) is 0 Å². The average molecular weight is 255 g/mol. The third-order valence-corrected chi connectivity index (χ3v) is 3.78. The van der Waals surface area contributed by atoms with Crippen LogP contribution in [-0.2, 0) is 0 Å². The van der Waals surface area contributed by atoms with Gasteiger partial charge in [-0.25, -0.2) is 8.78 Å². The second-order valence-electron chi connectivity index (χ2n) is 5.70. The van der Waals surface area contributed by atoms with Crippen molar-refractivity contribution in [3.8, 4) is 0 Å². The first-order chi connectivity index (χ1) is 8.42. The lowest BCUT2D eigenvalue weighted by atomic mass is 10.1. The Labute approximate surface area is 106 Å². The summed E-state index contributed by atoms with van der Waals surface area (Å²) in [6.45, 7) is 5.32. The highest BCUT2D eigenvalue weighted by atomic mass is 19.1. The molecule has 1 fully saturated rings. The summed E-state index contributed by atoms with van der Waals surface area (Å²) in [5, 5.41) is 12.9. The lowest BCUT2D eigenvalue weighted by Crippen LogP contribution is -2.25. The van der Waals surface area contributed by atoms with E-state index in [4.69, 9.17) is 0 Å². The lowest BCUT2D eigenvalue weighted by Gasteiger charge is -2.14. The van der Waals surface area contributed by atoms with Crippen molar-refractivity contribution in [3.05, 3.63) is 35.4 Å². The van der Waals surface area contributed by atoms with Gasteiger partial charge in [-0.3, -0.25) is 0 Å². The van der Waals surface area contributed by atoms with Gasteiger partial charge in [0.25, 0.3) is 0 Å². The maximum atomic E-state index is 13.4. The first-order valence-electron chi connectivity index (χ1n) is 6.24. The molecule has 0 radical (unpaired) electrons. The molecule has 4 heteroatoms. The van der Waals surface area contributed by atoms with E-state index < -0.39 is 17.7 Å². The second kappa shape index (κ2) is 4.94. The molecule has 0 saturated heterocycles. The number of halogens is 2. The topological polar surface area (TPSA) is 32.3 Å². The molecule has 1 aliphatic rings. The maximum Gasteiger partial charge on any atom is 0.131 e. The normalized spacial score (nSPS) is 22.8. The van der Waals surface area contributed by atoms with Crippen LogP contribution < -0.4 is 5.32 Å². The molecule has 1 saturated carbocycles. The fourth-order valence-corrected chi connectivity index (χ4v) is 2.25. The van der Waals surface area contributed by atoms with Gasteiger partial charge >= 0.3 is 0 Å². The minimum atomic E-state index is -1.15.